The van der Waals surface area contributed by atoms with Gasteiger partial charge in [-0.25, -0.2) is 4.98 Å². The van der Waals surface area contributed by atoms with Crippen molar-refractivity contribution in [3.8, 4) is 0 Å². The van der Waals surface area contributed by atoms with Crippen LogP contribution in [0.1, 0.15) is 31.2 Å². The highest BCUT2D eigenvalue weighted by Crippen LogP contribution is 2.28. The van der Waals surface area contributed by atoms with Crippen LogP contribution in [0.15, 0.2) is 42.7 Å². The van der Waals surface area contributed by atoms with Crippen molar-refractivity contribution in [2.75, 3.05) is 5.32 Å². The molecule has 0 radical (unpaired) electrons. The van der Waals surface area contributed by atoms with Crippen LogP contribution in [-0.4, -0.2) is 21.0 Å². The maximum absolute atomic E-state index is 12.3. The Labute approximate surface area is 124 Å². The maximum atomic E-state index is 12.3. The lowest BCUT2D eigenvalue weighted by Crippen LogP contribution is -2.49. The minimum absolute atomic E-state index is 0.125. The third-order valence-electron chi connectivity index (χ3n) is 4.08. The Morgan fingerprint density at radius 1 is 1.29 bits per heavy atom. The zero-order valence-corrected chi connectivity index (χ0v) is 12.0. The molecule has 5 heteroatoms. The quantitative estimate of drug-likeness (QED) is 0.903. The molecule has 0 atom stereocenters. The molecule has 1 amide bonds. The van der Waals surface area contributed by atoms with Gasteiger partial charge in [0.15, 0.2) is 0 Å². The highest BCUT2D eigenvalue weighted by molar-refractivity contribution is 5.97. The fourth-order valence-corrected chi connectivity index (χ4v) is 2.80. The summed E-state index contributed by atoms with van der Waals surface area (Å²) < 4.78 is 1.92. The summed E-state index contributed by atoms with van der Waals surface area (Å²) in [7, 11) is 0. The average Bonchev–Trinajstić information content (AvgIpc) is 3.11. The second-order valence-corrected chi connectivity index (χ2v) is 5.68. The molecule has 110 valence electrons. The lowest BCUT2D eigenvalue weighted by Gasteiger charge is -2.22. The lowest BCUT2D eigenvalue weighted by atomic mass is 9.98. The van der Waals surface area contributed by atoms with Gasteiger partial charge in [0, 0.05) is 12.4 Å². The minimum Gasteiger partial charge on any atom is -0.317 e. The molecule has 1 aromatic carbocycles. The van der Waals surface area contributed by atoms with E-state index >= 15 is 0 Å². The predicted molar refractivity (Wildman–Crippen MR) is 81.8 cm³/mol. The smallest absolute Gasteiger partial charge is 0.246 e. The van der Waals surface area contributed by atoms with Gasteiger partial charge in [0.05, 0.1) is 12.1 Å². The summed E-state index contributed by atoms with van der Waals surface area (Å²) in [5.41, 5.74) is 6.60. The van der Waals surface area contributed by atoms with Crippen LogP contribution in [0, 0.1) is 0 Å². The molecule has 0 bridgehead atoms. The van der Waals surface area contributed by atoms with Crippen molar-refractivity contribution in [1.29, 1.82) is 0 Å². The number of nitrogens with one attached hydrogen (secondary N) is 1. The summed E-state index contributed by atoms with van der Waals surface area (Å²) in [5.74, 6) is 0.432. The minimum atomic E-state index is -0.733. The van der Waals surface area contributed by atoms with Gasteiger partial charge in [-0.05, 0) is 18.4 Å². The van der Waals surface area contributed by atoms with Crippen molar-refractivity contribution in [3.05, 3.63) is 48.3 Å². The normalized spacial score (nSPS) is 16.8. The van der Waals surface area contributed by atoms with Crippen molar-refractivity contribution >= 4 is 11.9 Å². The van der Waals surface area contributed by atoms with Crippen molar-refractivity contribution in [2.45, 2.75) is 37.8 Å². The van der Waals surface area contributed by atoms with E-state index in [2.05, 4.69) is 10.3 Å². The number of rotatable bonds is 4. The van der Waals surface area contributed by atoms with Gasteiger partial charge in [0.2, 0.25) is 11.9 Å². The Kier molecular flexibility index (Phi) is 3.75. The van der Waals surface area contributed by atoms with E-state index in [-0.39, 0.29) is 5.91 Å². The first-order chi connectivity index (χ1) is 10.2. The van der Waals surface area contributed by atoms with Crippen molar-refractivity contribution < 1.29 is 4.79 Å². The average molecular weight is 284 g/mol. The van der Waals surface area contributed by atoms with Gasteiger partial charge in [-0.3, -0.25) is 10.1 Å². The number of carbonyl (C=O) groups excluding carboxylic acids is 1. The Morgan fingerprint density at radius 2 is 2.00 bits per heavy atom. The van der Waals surface area contributed by atoms with Gasteiger partial charge in [0.25, 0.3) is 0 Å². The molecule has 0 saturated heterocycles. The third-order valence-corrected chi connectivity index (χ3v) is 4.08. The van der Waals surface area contributed by atoms with Crippen LogP contribution >= 0.6 is 0 Å². The number of hydrogen-bond donors (Lipinski definition) is 2. The largest absolute Gasteiger partial charge is 0.317 e. The summed E-state index contributed by atoms with van der Waals surface area (Å²) in [6.45, 7) is 0.675. The molecule has 0 spiro atoms. The molecule has 3 rings (SSSR count). The Bertz CT molecular complexity index is 614. The predicted octanol–water partition coefficient (Wildman–Crippen LogP) is 2.14. The van der Waals surface area contributed by atoms with Crippen molar-refractivity contribution in [1.82, 2.24) is 9.55 Å². The molecular formula is C16H20N4O. The number of carbonyl (C=O) groups is 1. The Hall–Kier alpha value is -2.14. The number of anilines is 1. The number of hydrogen-bond acceptors (Lipinski definition) is 3. The molecule has 2 aromatic rings. The number of benzene rings is 1. The third kappa shape index (κ3) is 2.97. The second kappa shape index (κ2) is 5.69. The zero-order chi connectivity index (χ0) is 14.7. The molecule has 1 saturated carbocycles. The van der Waals surface area contributed by atoms with E-state index in [1.54, 1.807) is 6.20 Å². The van der Waals surface area contributed by atoms with Gasteiger partial charge in [-0.1, -0.05) is 43.2 Å². The van der Waals surface area contributed by atoms with Crippen LogP contribution in [0.3, 0.4) is 0 Å². The van der Waals surface area contributed by atoms with E-state index in [1.807, 2.05) is 41.1 Å². The standard InChI is InChI=1S/C16H20N4O/c17-16(8-4-5-9-16)14(21)19-15-18-10-11-20(15)12-13-6-2-1-3-7-13/h1-3,6-7,10-11H,4-5,8-9,12,17H2,(H,18,19,21). The maximum Gasteiger partial charge on any atom is 0.246 e. The molecule has 1 heterocycles. The van der Waals surface area contributed by atoms with E-state index < -0.39 is 5.54 Å². The molecule has 0 aliphatic heterocycles. The number of amides is 1. The molecule has 1 fully saturated rings. The molecule has 1 aromatic heterocycles. The first-order valence-corrected chi connectivity index (χ1v) is 7.33. The van der Waals surface area contributed by atoms with Crippen molar-refractivity contribution in [2.24, 2.45) is 5.73 Å². The Balaban J connectivity index is 1.72. The number of nitrogens with zero attached hydrogens (tertiary/aromatic N) is 2. The van der Waals surface area contributed by atoms with Gasteiger partial charge >= 0.3 is 0 Å². The highest BCUT2D eigenvalue weighted by atomic mass is 16.2. The number of imidazole rings is 1. The van der Waals surface area contributed by atoms with Gasteiger partial charge < -0.3 is 10.3 Å². The topological polar surface area (TPSA) is 72.9 Å². The van der Waals surface area contributed by atoms with Crippen LogP contribution < -0.4 is 11.1 Å². The van der Waals surface area contributed by atoms with Crippen LogP contribution in [0.25, 0.3) is 0 Å². The van der Waals surface area contributed by atoms with E-state index in [4.69, 9.17) is 5.73 Å². The number of nitrogens with two attached hydrogens (primary N) is 1. The highest BCUT2D eigenvalue weighted by Gasteiger charge is 2.37. The summed E-state index contributed by atoms with van der Waals surface area (Å²) in [4.78, 5) is 16.6. The Morgan fingerprint density at radius 3 is 2.71 bits per heavy atom. The van der Waals surface area contributed by atoms with E-state index in [0.29, 0.717) is 12.5 Å². The van der Waals surface area contributed by atoms with Crippen LogP contribution in [0.4, 0.5) is 5.95 Å². The van der Waals surface area contributed by atoms with Gasteiger partial charge in [-0.2, -0.15) is 0 Å². The lowest BCUT2D eigenvalue weighted by molar-refractivity contribution is -0.121. The van der Waals surface area contributed by atoms with E-state index in [9.17, 15) is 4.79 Å². The first kappa shape index (κ1) is 13.8. The second-order valence-electron chi connectivity index (χ2n) is 5.68. The van der Waals surface area contributed by atoms with Crippen LogP contribution in [0.5, 0.6) is 0 Å². The first-order valence-electron chi connectivity index (χ1n) is 7.33. The van der Waals surface area contributed by atoms with Crippen LogP contribution in [0.2, 0.25) is 0 Å². The van der Waals surface area contributed by atoms with Gasteiger partial charge in [-0.15, -0.1) is 0 Å². The molecule has 5 nitrogen and oxygen atoms in total. The summed E-state index contributed by atoms with van der Waals surface area (Å²) in [5, 5.41) is 2.88. The fourth-order valence-electron chi connectivity index (χ4n) is 2.80. The van der Waals surface area contributed by atoms with Crippen LogP contribution in [-0.2, 0) is 11.3 Å². The molecule has 21 heavy (non-hydrogen) atoms. The summed E-state index contributed by atoms with van der Waals surface area (Å²) in [6, 6.07) is 10.1. The van der Waals surface area contributed by atoms with E-state index in [0.717, 1.165) is 31.2 Å². The SMILES string of the molecule is NC1(C(=O)Nc2nccn2Cc2ccccc2)CCCC1. The molecular weight excluding hydrogens is 264 g/mol. The van der Waals surface area contributed by atoms with Gasteiger partial charge in [0.1, 0.15) is 0 Å². The zero-order valence-electron chi connectivity index (χ0n) is 12.0. The summed E-state index contributed by atoms with van der Waals surface area (Å²) in [6.07, 6.45) is 7.08. The molecule has 3 N–H and O–H groups in total. The monoisotopic (exact) mass is 284 g/mol. The van der Waals surface area contributed by atoms with E-state index in [1.165, 1.54) is 0 Å². The molecule has 1 aliphatic carbocycles. The number of aromatic nitrogens is 2. The molecule has 0 unspecified atom stereocenters. The fraction of sp³-hybridized carbons (Fsp3) is 0.375. The summed E-state index contributed by atoms with van der Waals surface area (Å²) >= 11 is 0. The van der Waals surface area contributed by atoms with Crippen molar-refractivity contribution in [3.63, 3.8) is 0 Å². The molecule has 1 aliphatic rings.